The van der Waals surface area contributed by atoms with Crippen molar-refractivity contribution in [3.63, 3.8) is 0 Å². The first kappa shape index (κ1) is 17.8. The van der Waals surface area contributed by atoms with Crippen molar-refractivity contribution in [2.24, 2.45) is 11.8 Å². The molecule has 2 fully saturated rings. The van der Waals surface area contributed by atoms with Gasteiger partial charge in [-0.3, -0.25) is 9.59 Å². The zero-order valence-corrected chi connectivity index (χ0v) is 15.2. The molecule has 0 aromatic heterocycles. The quantitative estimate of drug-likeness (QED) is 0.893. The molecule has 0 bridgehead atoms. The molecule has 1 saturated heterocycles. The smallest absolute Gasteiger partial charge is 0.227 e. The molecule has 2 amide bonds. The monoisotopic (exact) mass is 344 g/mol. The number of nitrogens with one attached hydrogen (secondary N) is 1. The molecule has 2 aliphatic rings. The van der Waals surface area contributed by atoms with Crippen LogP contribution in [0.5, 0.6) is 5.75 Å². The van der Waals surface area contributed by atoms with Crippen LogP contribution in [0.1, 0.15) is 46.0 Å². The summed E-state index contributed by atoms with van der Waals surface area (Å²) in [6.07, 6.45) is 4.70. The van der Waals surface area contributed by atoms with Crippen LogP contribution in [0, 0.1) is 11.8 Å². The average molecular weight is 344 g/mol. The number of carbonyl (C=O) groups excluding carboxylic acids is 2. The topological polar surface area (TPSA) is 58.6 Å². The van der Waals surface area contributed by atoms with Crippen LogP contribution >= 0.6 is 0 Å². The number of carbonyl (C=O) groups is 2. The van der Waals surface area contributed by atoms with Crippen LogP contribution in [-0.2, 0) is 9.59 Å². The van der Waals surface area contributed by atoms with E-state index in [-0.39, 0.29) is 30.2 Å². The van der Waals surface area contributed by atoms with E-state index in [1.165, 1.54) is 12.8 Å². The number of benzene rings is 1. The number of hydrogen-bond donors (Lipinski definition) is 1. The summed E-state index contributed by atoms with van der Waals surface area (Å²) in [6.45, 7) is 5.16. The van der Waals surface area contributed by atoms with Crippen LogP contribution in [0.4, 0.5) is 5.69 Å². The predicted molar refractivity (Wildman–Crippen MR) is 97.6 cm³/mol. The zero-order chi connectivity index (χ0) is 17.8. The normalized spacial score (nSPS) is 26.6. The molecular formula is C20H28N2O3. The van der Waals surface area contributed by atoms with Crippen LogP contribution < -0.4 is 15.0 Å². The Balaban J connectivity index is 1.63. The molecule has 1 atom stereocenters. The van der Waals surface area contributed by atoms with E-state index < -0.39 is 0 Å². The van der Waals surface area contributed by atoms with Crippen LogP contribution in [0.2, 0.25) is 0 Å². The van der Waals surface area contributed by atoms with Gasteiger partial charge in [0, 0.05) is 19.0 Å². The fourth-order valence-electron chi connectivity index (χ4n) is 3.80. The highest BCUT2D eigenvalue weighted by Crippen LogP contribution is 2.33. The first-order valence-electron chi connectivity index (χ1n) is 9.41. The lowest BCUT2D eigenvalue weighted by atomic mass is 9.87. The molecule has 1 N–H and O–H groups in total. The van der Waals surface area contributed by atoms with Gasteiger partial charge in [-0.1, -0.05) is 19.1 Å². The number of amides is 2. The van der Waals surface area contributed by atoms with Gasteiger partial charge in [0.25, 0.3) is 0 Å². The summed E-state index contributed by atoms with van der Waals surface area (Å²) in [5, 5.41) is 3.16. The van der Waals surface area contributed by atoms with Gasteiger partial charge in [-0.25, -0.2) is 0 Å². The van der Waals surface area contributed by atoms with Crippen molar-refractivity contribution < 1.29 is 14.3 Å². The second-order valence-electron chi connectivity index (χ2n) is 7.27. The summed E-state index contributed by atoms with van der Waals surface area (Å²) in [4.78, 5) is 26.8. The van der Waals surface area contributed by atoms with Gasteiger partial charge in [-0.05, 0) is 50.7 Å². The number of para-hydroxylation sites is 2. The number of rotatable bonds is 5. The van der Waals surface area contributed by atoms with Gasteiger partial charge in [0.05, 0.1) is 18.2 Å². The van der Waals surface area contributed by atoms with Gasteiger partial charge in [0.1, 0.15) is 5.75 Å². The molecule has 1 aliphatic heterocycles. The van der Waals surface area contributed by atoms with Crippen molar-refractivity contribution in [3.05, 3.63) is 24.3 Å². The second kappa shape index (κ2) is 7.89. The van der Waals surface area contributed by atoms with E-state index in [1.807, 2.05) is 31.2 Å². The van der Waals surface area contributed by atoms with Gasteiger partial charge in [0.15, 0.2) is 0 Å². The zero-order valence-electron chi connectivity index (χ0n) is 15.2. The Bertz CT molecular complexity index is 623. The van der Waals surface area contributed by atoms with Gasteiger partial charge < -0.3 is 15.0 Å². The lowest BCUT2D eigenvalue weighted by molar-refractivity contribution is -0.127. The molecule has 1 unspecified atom stereocenters. The van der Waals surface area contributed by atoms with Crippen molar-refractivity contribution in [2.45, 2.75) is 52.0 Å². The van der Waals surface area contributed by atoms with Gasteiger partial charge in [-0.2, -0.15) is 0 Å². The van der Waals surface area contributed by atoms with Crippen molar-refractivity contribution >= 4 is 17.5 Å². The molecule has 25 heavy (non-hydrogen) atoms. The van der Waals surface area contributed by atoms with Crippen LogP contribution in [0.15, 0.2) is 24.3 Å². The summed E-state index contributed by atoms with van der Waals surface area (Å²) in [6, 6.07) is 7.79. The minimum atomic E-state index is -0.276. The lowest BCUT2D eigenvalue weighted by Crippen LogP contribution is -2.41. The van der Waals surface area contributed by atoms with E-state index >= 15 is 0 Å². The van der Waals surface area contributed by atoms with Crippen molar-refractivity contribution in [1.82, 2.24) is 5.32 Å². The highest BCUT2D eigenvalue weighted by Gasteiger charge is 2.37. The third-order valence-electron chi connectivity index (χ3n) is 5.31. The molecule has 0 spiro atoms. The Labute approximate surface area is 149 Å². The first-order chi connectivity index (χ1) is 12.1. The minimum absolute atomic E-state index is 0.00966. The van der Waals surface area contributed by atoms with Crippen molar-refractivity contribution in [2.75, 3.05) is 18.1 Å². The predicted octanol–water partition coefficient (Wildman–Crippen LogP) is 3.13. The van der Waals surface area contributed by atoms with Gasteiger partial charge >= 0.3 is 0 Å². The molecule has 1 heterocycles. The number of ether oxygens (including phenoxy) is 1. The van der Waals surface area contributed by atoms with E-state index in [2.05, 4.69) is 12.2 Å². The maximum Gasteiger partial charge on any atom is 0.227 e. The number of anilines is 1. The summed E-state index contributed by atoms with van der Waals surface area (Å²) < 4.78 is 5.63. The highest BCUT2D eigenvalue weighted by atomic mass is 16.5. The standard InChI is InChI=1S/C20H28N2O3/c1-3-25-18-7-5-4-6-17(18)22-13-15(12-19(22)23)20(24)21-16-10-8-14(2)9-11-16/h4-7,14-16H,3,8-13H2,1-2H3,(H,21,24). The molecule has 136 valence electrons. The summed E-state index contributed by atoms with van der Waals surface area (Å²) in [5.41, 5.74) is 0.760. The Morgan fingerprint density at radius 3 is 2.68 bits per heavy atom. The van der Waals surface area contributed by atoms with E-state index in [0.717, 1.165) is 24.4 Å². The Morgan fingerprint density at radius 2 is 1.96 bits per heavy atom. The average Bonchev–Trinajstić information content (AvgIpc) is 2.99. The number of hydrogen-bond acceptors (Lipinski definition) is 3. The molecule has 1 aromatic rings. The Hall–Kier alpha value is -2.04. The molecule has 3 rings (SSSR count). The molecule has 5 heteroatoms. The van der Waals surface area contributed by atoms with E-state index in [0.29, 0.717) is 18.9 Å². The minimum Gasteiger partial charge on any atom is -0.492 e. The highest BCUT2D eigenvalue weighted by molar-refractivity contribution is 6.01. The largest absolute Gasteiger partial charge is 0.492 e. The molecule has 1 saturated carbocycles. The summed E-state index contributed by atoms with van der Waals surface area (Å²) in [7, 11) is 0. The lowest BCUT2D eigenvalue weighted by Gasteiger charge is -2.28. The van der Waals surface area contributed by atoms with E-state index in [4.69, 9.17) is 4.74 Å². The van der Waals surface area contributed by atoms with Crippen LogP contribution in [-0.4, -0.2) is 31.0 Å². The SMILES string of the molecule is CCOc1ccccc1N1CC(C(=O)NC2CCC(C)CC2)CC1=O. The van der Waals surface area contributed by atoms with Crippen LogP contribution in [0.3, 0.4) is 0 Å². The van der Waals surface area contributed by atoms with E-state index in [9.17, 15) is 9.59 Å². The summed E-state index contributed by atoms with van der Waals surface area (Å²) in [5.74, 6) is 1.18. The van der Waals surface area contributed by atoms with Gasteiger partial charge in [-0.15, -0.1) is 0 Å². The van der Waals surface area contributed by atoms with Gasteiger partial charge in [0.2, 0.25) is 11.8 Å². The molecule has 1 aliphatic carbocycles. The molecule has 5 nitrogen and oxygen atoms in total. The second-order valence-corrected chi connectivity index (χ2v) is 7.27. The first-order valence-corrected chi connectivity index (χ1v) is 9.41. The molecular weight excluding hydrogens is 316 g/mol. The van der Waals surface area contributed by atoms with E-state index in [1.54, 1.807) is 4.90 Å². The molecule has 1 aromatic carbocycles. The Kier molecular flexibility index (Phi) is 5.61. The fraction of sp³-hybridized carbons (Fsp3) is 0.600. The van der Waals surface area contributed by atoms with Crippen LogP contribution in [0.25, 0.3) is 0 Å². The Morgan fingerprint density at radius 1 is 1.24 bits per heavy atom. The number of nitrogens with zero attached hydrogens (tertiary/aromatic N) is 1. The van der Waals surface area contributed by atoms with Crippen molar-refractivity contribution in [3.8, 4) is 5.75 Å². The van der Waals surface area contributed by atoms with Crippen molar-refractivity contribution in [1.29, 1.82) is 0 Å². The fourth-order valence-corrected chi connectivity index (χ4v) is 3.80. The third kappa shape index (κ3) is 4.14. The third-order valence-corrected chi connectivity index (χ3v) is 5.31. The maximum absolute atomic E-state index is 12.6. The maximum atomic E-state index is 12.6. The molecule has 0 radical (unpaired) electrons. The summed E-state index contributed by atoms with van der Waals surface area (Å²) >= 11 is 0.